The third-order valence-electron chi connectivity index (χ3n) is 5.06. The predicted octanol–water partition coefficient (Wildman–Crippen LogP) is 6.04. The van der Waals surface area contributed by atoms with Crippen LogP contribution in [0.3, 0.4) is 0 Å². The van der Waals surface area contributed by atoms with E-state index < -0.39 is 5.97 Å². The minimum Gasteiger partial charge on any atom is -0.478 e. The number of carboxylic acid groups (broad SMARTS) is 1. The van der Waals surface area contributed by atoms with Crippen LogP contribution in [0.2, 0.25) is 0 Å². The first-order valence-electron chi connectivity index (χ1n) is 10.4. The van der Waals surface area contributed by atoms with Crippen LogP contribution in [-0.2, 0) is 0 Å². The maximum absolute atomic E-state index is 10.2. The summed E-state index contributed by atoms with van der Waals surface area (Å²) in [5.41, 5.74) is 8.19. The zero-order valence-corrected chi connectivity index (χ0v) is 17.6. The van der Waals surface area contributed by atoms with Gasteiger partial charge in [-0.3, -0.25) is 0 Å². The maximum Gasteiger partial charge on any atom is 0.335 e. The second kappa shape index (κ2) is 8.80. The molecule has 4 aromatic rings. The third-order valence-corrected chi connectivity index (χ3v) is 5.06. The number of rotatable bonds is 1. The van der Waals surface area contributed by atoms with Crippen molar-refractivity contribution in [2.24, 2.45) is 0 Å². The van der Waals surface area contributed by atoms with Crippen LogP contribution in [0.1, 0.15) is 33.1 Å². The molecule has 0 saturated carbocycles. The minimum atomic E-state index is -0.879. The molecule has 0 aliphatic carbocycles. The number of aromatic amines is 2. The van der Waals surface area contributed by atoms with Gasteiger partial charge in [0.15, 0.2) is 0 Å². The van der Waals surface area contributed by atoms with Crippen LogP contribution in [0.25, 0.3) is 46.4 Å². The normalized spacial score (nSPS) is 11.6. The number of carboxylic acids is 1. The summed E-state index contributed by atoms with van der Waals surface area (Å²) in [6.07, 6.45) is 8.05. The topological polar surface area (TPSA) is 94.7 Å². The van der Waals surface area contributed by atoms with E-state index in [1.807, 2.05) is 42.5 Å². The number of nitrogens with one attached hydrogen (secondary N) is 2. The lowest BCUT2D eigenvalue weighted by Crippen LogP contribution is -1.93. The molecule has 0 saturated heterocycles. The van der Waals surface area contributed by atoms with Gasteiger partial charge in [-0.2, -0.15) is 0 Å². The summed E-state index contributed by atoms with van der Waals surface area (Å²) < 4.78 is 0. The lowest BCUT2D eigenvalue weighted by Gasteiger charge is -1.88. The van der Waals surface area contributed by atoms with Crippen LogP contribution in [0.4, 0.5) is 0 Å². The second-order valence-corrected chi connectivity index (χ2v) is 7.58. The Morgan fingerprint density at radius 2 is 1.00 bits per heavy atom. The smallest absolute Gasteiger partial charge is 0.335 e. The average Bonchev–Trinajstić information content (AvgIpc) is 3.61. The van der Waals surface area contributed by atoms with Crippen molar-refractivity contribution in [2.45, 2.75) is 0 Å². The lowest BCUT2D eigenvalue weighted by molar-refractivity contribution is 0.0697. The summed E-state index contributed by atoms with van der Waals surface area (Å²) in [6, 6.07) is 24.7. The standard InChI is InChI=1S/C20H14N4.C7H6O2/c1-2-14-10-16-5-6-18(23-16)12-20-8-7-19(24-20)11-17-4-3-15(22-17)9-13(1)21-14;8-7(9)6-4-2-1-3-5-6/h1-12,21-22H;1-5H,(H,8,9). The van der Waals surface area contributed by atoms with E-state index in [0.717, 1.165) is 44.8 Å². The number of hydrogen-bond acceptors (Lipinski definition) is 3. The minimum absolute atomic E-state index is 0.331. The lowest BCUT2D eigenvalue weighted by atomic mass is 10.2. The van der Waals surface area contributed by atoms with Crippen LogP contribution in [0, 0.1) is 0 Å². The maximum atomic E-state index is 10.2. The molecule has 3 N–H and O–H groups in total. The molecule has 2 aliphatic rings. The highest BCUT2D eigenvalue weighted by atomic mass is 16.4. The van der Waals surface area contributed by atoms with Crippen molar-refractivity contribution in [1.29, 1.82) is 0 Å². The highest BCUT2D eigenvalue weighted by Crippen LogP contribution is 2.17. The SMILES string of the molecule is C1=Cc2cc3ccc(cc4ccc(cc5nc(cc1n2)C=C5)[nH]4)[nH]3.O=C(O)c1ccccc1. The molecule has 0 amide bonds. The Hall–Kier alpha value is -4.71. The molecule has 6 nitrogen and oxygen atoms in total. The summed E-state index contributed by atoms with van der Waals surface area (Å²) in [6.45, 7) is 0. The van der Waals surface area contributed by atoms with Crippen molar-refractivity contribution in [3.8, 4) is 0 Å². The molecule has 160 valence electrons. The molecule has 33 heavy (non-hydrogen) atoms. The third kappa shape index (κ3) is 4.97. The van der Waals surface area contributed by atoms with E-state index in [-0.39, 0.29) is 0 Å². The Labute approximate surface area is 189 Å². The van der Waals surface area contributed by atoms with Crippen LogP contribution in [0.15, 0.2) is 78.9 Å². The van der Waals surface area contributed by atoms with Gasteiger partial charge in [0.1, 0.15) is 0 Å². The van der Waals surface area contributed by atoms with E-state index in [2.05, 4.69) is 50.3 Å². The van der Waals surface area contributed by atoms with E-state index >= 15 is 0 Å². The van der Waals surface area contributed by atoms with Crippen molar-refractivity contribution in [2.75, 3.05) is 0 Å². The summed E-state index contributed by atoms with van der Waals surface area (Å²) in [7, 11) is 0. The zero-order valence-electron chi connectivity index (χ0n) is 17.6. The molecule has 1 aromatic carbocycles. The average molecular weight is 432 g/mol. The number of H-pyrrole nitrogens is 2. The summed E-state index contributed by atoms with van der Waals surface area (Å²) in [4.78, 5) is 26.2. The van der Waals surface area contributed by atoms with Gasteiger partial charge in [0.25, 0.3) is 0 Å². The molecule has 0 fully saturated rings. The number of nitrogens with zero attached hydrogens (tertiary/aromatic N) is 2. The first-order valence-corrected chi connectivity index (χ1v) is 10.4. The van der Waals surface area contributed by atoms with Gasteiger partial charge in [-0.15, -0.1) is 0 Å². The Kier molecular flexibility index (Phi) is 5.39. The molecule has 0 unspecified atom stereocenters. The summed E-state index contributed by atoms with van der Waals surface area (Å²) in [5, 5.41) is 8.38. The van der Waals surface area contributed by atoms with E-state index in [1.165, 1.54) is 0 Å². The monoisotopic (exact) mass is 432 g/mol. The predicted molar refractivity (Wildman–Crippen MR) is 132 cm³/mol. The number of aromatic carboxylic acids is 1. The van der Waals surface area contributed by atoms with Crippen LogP contribution < -0.4 is 0 Å². The number of aromatic nitrogens is 4. The summed E-state index contributed by atoms with van der Waals surface area (Å²) in [5.74, 6) is -0.879. The van der Waals surface area contributed by atoms with E-state index in [9.17, 15) is 4.79 Å². The van der Waals surface area contributed by atoms with Gasteiger partial charge in [-0.25, -0.2) is 14.8 Å². The fraction of sp³-hybridized carbons (Fsp3) is 0. The van der Waals surface area contributed by atoms with Crippen molar-refractivity contribution in [1.82, 2.24) is 19.9 Å². The number of hydrogen-bond donors (Lipinski definition) is 3. The molecule has 0 radical (unpaired) electrons. The Morgan fingerprint density at radius 3 is 1.42 bits per heavy atom. The van der Waals surface area contributed by atoms with Crippen LogP contribution in [0.5, 0.6) is 0 Å². The first kappa shape index (κ1) is 20.2. The fourth-order valence-electron chi connectivity index (χ4n) is 3.52. The van der Waals surface area contributed by atoms with Crippen molar-refractivity contribution < 1.29 is 9.90 Å². The molecular formula is C27H20N4O2. The highest BCUT2D eigenvalue weighted by Gasteiger charge is 2.02. The Morgan fingerprint density at radius 1 is 0.576 bits per heavy atom. The molecular weight excluding hydrogens is 412 g/mol. The Bertz CT molecular complexity index is 1450. The van der Waals surface area contributed by atoms with Crippen molar-refractivity contribution in [3.05, 3.63) is 107 Å². The van der Waals surface area contributed by atoms with E-state index in [0.29, 0.717) is 5.56 Å². The van der Waals surface area contributed by atoms with Crippen molar-refractivity contribution in [3.63, 3.8) is 0 Å². The van der Waals surface area contributed by atoms with E-state index in [1.54, 1.807) is 30.3 Å². The van der Waals surface area contributed by atoms with Gasteiger partial charge >= 0.3 is 5.97 Å². The van der Waals surface area contributed by atoms with Gasteiger partial charge in [0.05, 0.1) is 28.3 Å². The van der Waals surface area contributed by atoms with Gasteiger partial charge in [0.2, 0.25) is 0 Å². The van der Waals surface area contributed by atoms with Gasteiger partial charge in [0, 0.05) is 22.1 Å². The van der Waals surface area contributed by atoms with Crippen molar-refractivity contribution >= 4 is 52.3 Å². The number of benzene rings is 1. The van der Waals surface area contributed by atoms with Crippen LogP contribution in [-0.4, -0.2) is 31.0 Å². The number of carbonyl (C=O) groups is 1. The Balaban J connectivity index is 0.000000215. The molecule has 5 heterocycles. The zero-order chi connectivity index (χ0) is 22.6. The molecule has 0 atom stereocenters. The van der Waals surface area contributed by atoms with Gasteiger partial charge in [-0.1, -0.05) is 18.2 Å². The molecule has 8 bridgehead atoms. The molecule has 2 aliphatic heterocycles. The van der Waals surface area contributed by atoms with Gasteiger partial charge in [-0.05, 0) is 85.0 Å². The first-order chi connectivity index (χ1) is 16.1. The molecule has 6 rings (SSSR count). The summed E-state index contributed by atoms with van der Waals surface area (Å²) >= 11 is 0. The van der Waals surface area contributed by atoms with E-state index in [4.69, 9.17) is 5.11 Å². The van der Waals surface area contributed by atoms with Crippen LogP contribution >= 0.6 is 0 Å². The molecule has 0 spiro atoms. The van der Waals surface area contributed by atoms with Gasteiger partial charge < -0.3 is 15.1 Å². The quantitative estimate of drug-likeness (QED) is 0.295. The fourth-order valence-corrected chi connectivity index (χ4v) is 3.52. The highest BCUT2D eigenvalue weighted by molar-refractivity contribution is 5.87. The molecule has 3 aromatic heterocycles. The number of fused-ring (bicyclic) bond motifs is 8. The largest absolute Gasteiger partial charge is 0.478 e. The molecule has 6 heteroatoms. The second-order valence-electron chi connectivity index (χ2n) is 7.58.